The summed E-state index contributed by atoms with van der Waals surface area (Å²) in [5.74, 6) is 1.52. The van der Waals surface area contributed by atoms with E-state index in [1.54, 1.807) is 18.0 Å². The number of thioether (sulfide) groups is 1. The van der Waals surface area contributed by atoms with Crippen LogP contribution in [0.2, 0.25) is 0 Å². The molecule has 160 valence electrons. The SMILES string of the molecule is COc1ccccc1-c1nn(-c2ccccc2)cc1C(=O)N[C@H]1CCSc2ccccc21. The Morgan fingerprint density at radius 2 is 1.78 bits per heavy atom. The van der Waals surface area contributed by atoms with Crippen LogP contribution in [-0.4, -0.2) is 28.6 Å². The van der Waals surface area contributed by atoms with Crippen LogP contribution in [0.5, 0.6) is 5.75 Å². The minimum Gasteiger partial charge on any atom is -0.496 e. The minimum atomic E-state index is -0.139. The van der Waals surface area contributed by atoms with Crippen LogP contribution in [0.1, 0.15) is 28.4 Å². The van der Waals surface area contributed by atoms with Crippen LogP contribution in [0, 0.1) is 0 Å². The van der Waals surface area contributed by atoms with Crippen molar-refractivity contribution in [1.29, 1.82) is 0 Å². The number of fused-ring (bicyclic) bond motifs is 1. The second-order valence-corrected chi connectivity index (χ2v) is 8.71. The first-order valence-electron chi connectivity index (χ1n) is 10.6. The summed E-state index contributed by atoms with van der Waals surface area (Å²) >= 11 is 1.84. The molecular formula is C26H23N3O2S. The third-order valence-corrected chi connectivity index (χ3v) is 6.73. The van der Waals surface area contributed by atoms with Gasteiger partial charge in [-0.15, -0.1) is 11.8 Å². The van der Waals surface area contributed by atoms with Gasteiger partial charge in [0.05, 0.1) is 24.4 Å². The molecule has 5 nitrogen and oxygen atoms in total. The summed E-state index contributed by atoms with van der Waals surface area (Å²) in [6.07, 6.45) is 2.69. The van der Waals surface area contributed by atoms with Crippen molar-refractivity contribution in [3.63, 3.8) is 0 Å². The van der Waals surface area contributed by atoms with Crippen molar-refractivity contribution in [3.05, 3.63) is 96.2 Å². The van der Waals surface area contributed by atoms with Gasteiger partial charge < -0.3 is 10.1 Å². The van der Waals surface area contributed by atoms with Crippen LogP contribution < -0.4 is 10.1 Å². The Bertz CT molecular complexity index is 1250. The number of para-hydroxylation sites is 2. The summed E-state index contributed by atoms with van der Waals surface area (Å²) in [6, 6.07) is 25.7. The van der Waals surface area contributed by atoms with Gasteiger partial charge in [0.15, 0.2) is 0 Å². The topological polar surface area (TPSA) is 56.2 Å². The van der Waals surface area contributed by atoms with Crippen molar-refractivity contribution in [2.24, 2.45) is 0 Å². The van der Waals surface area contributed by atoms with E-state index in [1.165, 1.54) is 10.5 Å². The average molecular weight is 442 g/mol. The van der Waals surface area contributed by atoms with Gasteiger partial charge in [-0.1, -0.05) is 48.5 Å². The number of aromatic nitrogens is 2. The molecule has 32 heavy (non-hydrogen) atoms. The van der Waals surface area contributed by atoms with Gasteiger partial charge in [-0.25, -0.2) is 4.68 Å². The highest BCUT2D eigenvalue weighted by atomic mass is 32.2. The van der Waals surface area contributed by atoms with E-state index in [2.05, 4.69) is 17.4 Å². The van der Waals surface area contributed by atoms with Gasteiger partial charge in [-0.3, -0.25) is 4.79 Å². The first-order valence-corrected chi connectivity index (χ1v) is 11.5. The number of rotatable bonds is 5. The lowest BCUT2D eigenvalue weighted by Gasteiger charge is -2.25. The van der Waals surface area contributed by atoms with Crippen LogP contribution in [-0.2, 0) is 0 Å². The molecule has 0 spiro atoms. The van der Waals surface area contributed by atoms with Crippen molar-refractivity contribution in [2.45, 2.75) is 17.4 Å². The number of nitrogens with zero attached hydrogens (tertiary/aromatic N) is 2. The number of amides is 1. The first-order chi connectivity index (χ1) is 15.7. The van der Waals surface area contributed by atoms with E-state index in [0.717, 1.165) is 23.4 Å². The monoisotopic (exact) mass is 441 g/mol. The van der Waals surface area contributed by atoms with Gasteiger partial charge in [-0.2, -0.15) is 5.10 Å². The molecule has 5 rings (SSSR count). The molecule has 0 aliphatic carbocycles. The molecule has 0 bridgehead atoms. The Hall–Kier alpha value is -3.51. The number of benzene rings is 3. The molecule has 1 aliphatic heterocycles. The molecule has 3 aromatic carbocycles. The van der Waals surface area contributed by atoms with Crippen LogP contribution in [0.4, 0.5) is 0 Å². The highest BCUT2D eigenvalue weighted by molar-refractivity contribution is 7.99. The molecule has 1 N–H and O–H groups in total. The van der Waals surface area contributed by atoms with Crippen molar-refractivity contribution < 1.29 is 9.53 Å². The van der Waals surface area contributed by atoms with Crippen LogP contribution >= 0.6 is 11.8 Å². The lowest BCUT2D eigenvalue weighted by molar-refractivity contribution is 0.0935. The molecule has 6 heteroatoms. The Labute approximate surface area is 191 Å². The molecule has 0 fully saturated rings. The first kappa shape index (κ1) is 20.4. The molecule has 2 heterocycles. The molecule has 0 unspecified atom stereocenters. The average Bonchev–Trinajstić information content (AvgIpc) is 3.30. The van der Waals surface area contributed by atoms with Gasteiger partial charge in [0.2, 0.25) is 0 Å². The largest absolute Gasteiger partial charge is 0.496 e. The number of nitrogens with one attached hydrogen (secondary N) is 1. The fourth-order valence-electron chi connectivity index (χ4n) is 4.02. The van der Waals surface area contributed by atoms with E-state index in [9.17, 15) is 4.79 Å². The molecular weight excluding hydrogens is 418 g/mol. The second-order valence-electron chi connectivity index (χ2n) is 7.57. The van der Waals surface area contributed by atoms with E-state index >= 15 is 0 Å². The van der Waals surface area contributed by atoms with Crippen molar-refractivity contribution in [2.75, 3.05) is 12.9 Å². The molecule has 4 aromatic rings. The predicted molar refractivity (Wildman–Crippen MR) is 128 cm³/mol. The van der Waals surface area contributed by atoms with E-state index in [0.29, 0.717) is 17.0 Å². The standard InChI is InChI=1S/C26H23N3O2S/c1-31-23-13-7-5-12-20(23)25-21(17-29(28-25)18-9-3-2-4-10-18)26(30)27-22-15-16-32-24-14-8-6-11-19(22)24/h2-14,17,22H,15-16H2,1H3,(H,27,30)/t22-/m0/s1. The quantitative estimate of drug-likeness (QED) is 0.443. The Morgan fingerprint density at radius 1 is 1.03 bits per heavy atom. The lowest BCUT2D eigenvalue weighted by atomic mass is 10.0. The normalized spacial score (nSPS) is 15.1. The molecule has 0 saturated carbocycles. The molecule has 1 atom stereocenters. The summed E-state index contributed by atoms with van der Waals surface area (Å²) in [7, 11) is 1.63. The van der Waals surface area contributed by atoms with Gasteiger partial charge in [-0.05, 0) is 42.3 Å². The minimum absolute atomic E-state index is 0.0226. The predicted octanol–water partition coefficient (Wildman–Crippen LogP) is 5.51. The van der Waals surface area contributed by atoms with E-state index in [1.807, 2.05) is 78.5 Å². The Morgan fingerprint density at radius 3 is 2.62 bits per heavy atom. The molecule has 1 amide bonds. The number of ether oxygens (including phenoxy) is 1. The molecule has 1 aliphatic rings. The summed E-state index contributed by atoms with van der Waals surface area (Å²) in [5.41, 5.74) is 3.97. The van der Waals surface area contributed by atoms with Crippen molar-refractivity contribution >= 4 is 17.7 Å². The highest BCUT2D eigenvalue weighted by Gasteiger charge is 2.26. The van der Waals surface area contributed by atoms with Gasteiger partial charge in [0.1, 0.15) is 11.4 Å². The number of carbonyl (C=O) groups is 1. The van der Waals surface area contributed by atoms with Crippen molar-refractivity contribution in [1.82, 2.24) is 15.1 Å². The smallest absolute Gasteiger partial charge is 0.255 e. The van der Waals surface area contributed by atoms with Gasteiger partial charge >= 0.3 is 0 Å². The van der Waals surface area contributed by atoms with Gasteiger partial charge in [0.25, 0.3) is 5.91 Å². The number of methoxy groups -OCH3 is 1. The third-order valence-electron chi connectivity index (χ3n) is 5.61. The summed E-state index contributed by atoms with van der Waals surface area (Å²) in [5, 5.41) is 8.05. The summed E-state index contributed by atoms with van der Waals surface area (Å²) in [6.45, 7) is 0. The summed E-state index contributed by atoms with van der Waals surface area (Å²) in [4.78, 5) is 14.8. The van der Waals surface area contributed by atoms with E-state index < -0.39 is 0 Å². The number of hydrogen-bond donors (Lipinski definition) is 1. The highest BCUT2D eigenvalue weighted by Crippen LogP contribution is 2.37. The maximum absolute atomic E-state index is 13.5. The Kier molecular flexibility index (Phi) is 5.69. The maximum atomic E-state index is 13.5. The Balaban J connectivity index is 1.55. The third kappa shape index (κ3) is 3.89. The number of carbonyl (C=O) groups excluding carboxylic acids is 1. The maximum Gasteiger partial charge on any atom is 0.255 e. The van der Waals surface area contributed by atoms with Crippen molar-refractivity contribution in [3.8, 4) is 22.7 Å². The fraction of sp³-hybridized carbons (Fsp3) is 0.154. The van der Waals surface area contributed by atoms with Crippen LogP contribution in [0.3, 0.4) is 0 Å². The zero-order valence-corrected chi connectivity index (χ0v) is 18.5. The van der Waals surface area contributed by atoms with Gasteiger partial charge in [0, 0.05) is 22.4 Å². The zero-order chi connectivity index (χ0) is 21.9. The second kappa shape index (κ2) is 8.93. The molecule has 1 aromatic heterocycles. The summed E-state index contributed by atoms with van der Waals surface area (Å²) < 4.78 is 7.31. The van der Waals surface area contributed by atoms with E-state index in [-0.39, 0.29) is 11.9 Å². The lowest BCUT2D eigenvalue weighted by Crippen LogP contribution is -2.30. The van der Waals surface area contributed by atoms with Crippen LogP contribution in [0.15, 0.2) is 90.0 Å². The zero-order valence-electron chi connectivity index (χ0n) is 17.7. The number of hydrogen-bond acceptors (Lipinski definition) is 4. The fourth-order valence-corrected chi connectivity index (χ4v) is 5.15. The van der Waals surface area contributed by atoms with E-state index in [4.69, 9.17) is 9.84 Å². The molecule has 0 saturated heterocycles. The molecule has 0 radical (unpaired) electrons. The van der Waals surface area contributed by atoms with Crippen LogP contribution in [0.25, 0.3) is 16.9 Å².